The molecule has 4 rings (SSSR count). The second kappa shape index (κ2) is 10.8. The minimum Gasteiger partial charge on any atom is -0.455 e. The molecule has 1 heterocycles. The van der Waals surface area contributed by atoms with Gasteiger partial charge in [0.25, 0.3) is 5.91 Å². The molecule has 1 amide bonds. The van der Waals surface area contributed by atoms with E-state index < -0.39 is 5.97 Å². The van der Waals surface area contributed by atoms with E-state index in [2.05, 4.69) is 16.7 Å². The molecule has 33 heavy (non-hydrogen) atoms. The summed E-state index contributed by atoms with van der Waals surface area (Å²) >= 11 is 1.31. The Morgan fingerprint density at radius 2 is 1.61 bits per heavy atom. The first-order valence-corrected chi connectivity index (χ1v) is 11.8. The molecule has 3 aromatic carbocycles. The molecule has 0 saturated carbocycles. The monoisotopic (exact) mass is 459 g/mol. The number of nitrogens with zero attached hydrogens (tertiary/aromatic N) is 3. The van der Waals surface area contributed by atoms with Crippen molar-refractivity contribution in [2.75, 3.05) is 23.8 Å². The maximum absolute atomic E-state index is 12.6. The van der Waals surface area contributed by atoms with Gasteiger partial charge < -0.3 is 14.2 Å². The molecule has 0 bridgehead atoms. The fourth-order valence-electron chi connectivity index (χ4n) is 3.58. The lowest BCUT2D eigenvalue weighted by atomic mass is 10.2. The minimum absolute atomic E-state index is 0.0723. The third kappa shape index (κ3) is 5.62. The van der Waals surface area contributed by atoms with E-state index in [1.165, 1.54) is 11.8 Å². The summed E-state index contributed by atoms with van der Waals surface area (Å²) in [6, 6.07) is 27.4. The number of aromatic nitrogens is 2. The second-order valence-corrected chi connectivity index (χ2v) is 8.32. The van der Waals surface area contributed by atoms with Crippen molar-refractivity contribution in [1.82, 2.24) is 9.55 Å². The summed E-state index contributed by atoms with van der Waals surface area (Å²) in [5.41, 5.74) is 3.82. The zero-order valence-corrected chi connectivity index (χ0v) is 19.2. The summed E-state index contributed by atoms with van der Waals surface area (Å²) in [6.45, 7) is 2.75. The van der Waals surface area contributed by atoms with Gasteiger partial charge in [-0.2, -0.15) is 0 Å². The number of esters is 1. The van der Waals surface area contributed by atoms with Crippen molar-refractivity contribution < 1.29 is 14.3 Å². The number of anilines is 1. The van der Waals surface area contributed by atoms with Gasteiger partial charge in [-0.25, -0.2) is 4.98 Å². The Morgan fingerprint density at radius 1 is 0.939 bits per heavy atom. The Labute approximate surface area is 197 Å². The Balaban J connectivity index is 1.39. The van der Waals surface area contributed by atoms with Crippen LogP contribution in [0.15, 0.2) is 90.1 Å². The van der Waals surface area contributed by atoms with E-state index >= 15 is 0 Å². The molecule has 0 aliphatic carbocycles. The molecule has 1 aromatic heterocycles. The Kier molecular flexibility index (Phi) is 7.42. The van der Waals surface area contributed by atoms with Gasteiger partial charge in [-0.3, -0.25) is 9.59 Å². The van der Waals surface area contributed by atoms with Crippen LogP contribution < -0.4 is 4.90 Å². The van der Waals surface area contributed by atoms with Crippen molar-refractivity contribution in [2.24, 2.45) is 0 Å². The minimum atomic E-state index is -0.448. The van der Waals surface area contributed by atoms with E-state index in [0.717, 1.165) is 27.4 Å². The highest BCUT2D eigenvalue weighted by molar-refractivity contribution is 7.99. The van der Waals surface area contributed by atoms with Crippen LogP contribution in [0.25, 0.3) is 11.0 Å². The smallest absolute Gasteiger partial charge is 0.316 e. The summed E-state index contributed by atoms with van der Waals surface area (Å²) in [5, 5.41) is 0.739. The Hall–Kier alpha value is -3.58. The number of amides is 1. The Bertz CT molecular complexity index is 1230. The predicted octanol–water partition coefficient (Wildman–Crippen LogP) is 4.77. The maximum Gasteiger partial charge on any atom is 0.316 e. The first-order chi connectivity index (χ1) is 16.2. The van der Waals surface area contributed by atoms with Crippen molar-refractivity contribution >= 4 is 40.4 Å². The molecule has 0 N–H and O–H groups in total. The molecule has 4 aromatic rings. The zero-order chi connectivity index (χ0) is 23.0. The topological polar surface area (TPSA) is 64.4 Å². The molecule has 0 radical (unpaired) electrons. The second-order valence-electron chi connectivity index (χ2n) is 7.38. The standard InChI is InChI=1S/C26H25N3O3S/c1-2-28(21-13-7-4-8-14-21)24(30)18-32-25(31)19-33-26-27-22-15-9-10-16-23(22)29(26)17-20-11-5-3-6-12-20/h3-16H,2,17-19H2,1H3. The summed E-state index contributed by atoms with van der Waals surface area (Å²) in [5.74, 6) is -0.628. The number of rotatable bonds is 9. The number of ether oxygens (including phenoxy) is 1. The summed E-state index contributed by atoms with van der Waals surface area (Å²) in [6.07, 6.45) is 0. The van der Waals surface area contributed by atoms with Crippen LogP contribution in [0.5, 0.6) is 0 Å². The highest BCUT2D eigenvalue weighted by atomic mass is 32.2. The van der Waals surface area contributed by atoms with E-state index in [4.69, 9.17) is 9.72 Å². The van der Waals surface area contributed by atoms with Gasteiger partial charge in [0.15, 0.2) is 11.8 Å². The van der Waals surface area contributed by atoms with Crippen molar-refractivity contribution in [3.05, 3.63) is 90.5 Å². The molecule has 7 heteroatoms. The highest BCUT2D eigenvalue weighted by Gasteiger charge is 2.17. The number of fused-ring (bicyclic) bond motifs is 1. The number of thioether (sulfide) groups is 1. The van der Waals surface area contributed by atoms with Crippen LogP contribution in [-0.4, -0.2) is 40.3 Å². The van der Waals surface area contributed by atoms with Crippen LogP contribution in [0.4, 0.5) is 5.69 Å². The lowest BCUT2D eigenvalue weighted by Crippen LogP contribution is -2.34. The van der Waals surface area contributed by atoms with Gasteiger partial charge in [0.1, 0.15) is 0 Å². The molecule has 0 saturated heterocycles. The first kappa shape index (κ1) is 22.6. The fraction of sp³-hybridized carbons (Fsp3) is 0.192. The molecule has 0 aliphatic rings. The maximum atomic E-state index is 12.6. The van der Waals surface area contributed by atoms with E-state index in [1.807, 2.05) is 79.7 Å². The van der Waals surface area contributed by atoms with Crippen molar-refractivity contribution in [3.8, 4) is 0 Å². The van der Waals surface area contributed by atoms with E-state index in [0.29, 0.717) is 13.1 Å². The number of hydrogen-bond acceptors (Lipinski definition) is 5. The van der Waals surface area contributed by atoms with Crippen molar-refractivity contribution in [3.63, 3.8) is 0 Å². The normalized spacial score (nSPS) is 10.8. The highest BCUT2D eigenvalue weighted by Crippen LogP contribution is 2.25. The SMILES string of the molecule is CCN(C(=O)COC(=O)CSc1nc2ccccc2n1Cc1ccccc1)c1ccccc1. The molecule has 0 aliphatic heterocycles. The lowest BCUT2D eigenvalue weighted by molar-refractivity contribution is -0.145. The molecule has 0 spiro atoms. The average Bonchev–Trinajstić information content (AvgIpc) is 3.20. The van der Waals surface area contributed by atoms with E-state index in [1.54, 1.807) is 4.90 Å². The van der Waals surface area contributed by atoms with Crippen LogP contribution in [-0.2, 0) is 20.9 Å². The van der Waals surface area contributed by atoms with Gasteiger partial charge in [-0.15, -0.1) is 0 Å². The predicted molar refractivity (Wildman–Crippen MR) is 131 cm³/mol. The Morgan fingerprint density at radius 3 is 2.33 bits per heavy atom. The lowest BCUT2D eigenvalue weighted by Gasteiger charge is -2.20. The first-order valence-electron chi connectivity index (χ1n) is 10.8. The van der Waals surface area contributed by atoms with E-state index in [9.17, 15) is 9.59 Å². The molecule has 0 unspecified atom stereocenters. The average molecular weight is 460 g/mol. The van der Waals surface area contributed by atoms with Gasteiger partial charge in [0, 0.05) is 12.2 Å². The summed E-state index contributed by atoms with van der Waals surface area (Å²) in [4.78, 5) is 31.3. The molecule has 0 fully saturated rings. The number of carbonyl (C=O) groups is 2. The van der Waals surface area contributed by atoms with Gasteiger partial charge in [-0.1, -0.05) is 72.4 Å². The molecular weight excluding hydrogens is 434 g/mol. The molecule has 0 atom stereocenters. The summed E-state index contributed by atoms with van der Waals surface area (Å²) < 4.78 is 7.37. The molecule has 6 nitrogen and oxygen atoms in total. The van der Waals surface area contributed by atoms with Crippen LogP contribution in [0.1, 0.15) is 12.5 Å². The van der Waals surface area contributed by atoms with Gasteiger partial charge >= 0.3 is 5.97 Å². The quantitative estimate of drug-likeness (QED) is 0.266. The number of imidazole rings is 1. The van der Waals surface area contributed by atoms with Gasteiger partial charge in [0.05, 0.1) is 23.3 Å². The number of carbonyl (C=O) groups excluding carboxylic acids is 2. The van der Waals surface area contributed by atoms with Gasteiger partial charge in [-0.05, 0) is 36.8 Å². The molecular formula is C26H25N3O3S. The van der Waals surface area contributed by atoms with Crippen LogP contribution in [0.2, 0.25) is 0 Å². The largest absolute Gasteiger partial charge is 0.455 e. The van der Waals surface area contributed by atoms with E-state index in [-0.39, 0.29) is 18.3 Å². The summed E-state index contributed by atoms with van der Waals surface area (Å²) in [7, 11) is 0. The number of likely N-dealkylation sites (N-methyl/N-ethyl adjacent to an activating group) is 1. The number of para-hydroxylation sites is 3. The van der Waals surface area contributed by atoms with Crippen molar-refractivity contribution in [2.45, 2.75) is 18.6 Å². The van der Waals surface area contributed by atoms with Crippen LogP contribution in [0.3, 0.4) is 0 Å². The fourth-order valence-corrected chi connectivity index (χ4v) is 4.39. The number of hydrogen-bond donors (Lipinski definition) is 0. The van der Waals surface area contributed by atoms with Gasteiger partial charge in [0.2, 0.25) is 0 Å². The zero-order valence-electron chi connectivity index (χ0n) is 18.4. The molecule has 168 valence electrons. The third-order valence-electron chi connectivity index (χ3n) is 5.16. The third-order valence-corrected chi connectivity index (χ3v) is 6.11. The number of benzene rings is 3. The van der Waals surface area contributed by atoms with Crippen molar-refractivity contribution in [1.29, 1.82) is 0 Å². The van der Waals surface area contributed by atoms with Crippen LogP contribution >= 0.6 is 11.8 Å². The van der Waals surface area contributed by atoms with Crippen LogP contribution in [0, 0.1) is 0 Å².